The molecule has 1 aromatic rings. The van der Waals surface area contributed by atoms with Crippen molar-refractivity contribution in [1.82, 2.24) is 10.2 Å². The smallest absolute Gasteiger partial charge is 0.0471 e. The van der Waals surface area contributed by atoms with Gasteiger partial charge in [-0.2, -0.15) is 0 Å². The van der Waals surface area contributed by atoms with Crippen LogP contribution in [0.1, 0.15) is 31.7 Å². The van der Waals surface area contributed by atoms with Gasteiger partial charge < -0.3 is 15.1 Å². The van der Waals surface area contributed by atoms with Gasteiger partial charge in [0.05, 0.1) is 0 Å². The van der Waals surface area contributed by atoms with Gasteiger partial charge in [0.1, 0.15) is 0 Å². The summed E-state index contributed by atoms with van der Waals surface area (Å²) in [5.74, 6) is 0. The van der Waals surface area contributed by atoms with Gasteiger partial charge in [-0.25, -0.2) is 0 Å². The zero-order chi connectivity index (χ0) is 14.8. The molecule has 0 bridgehead atoms. The molecule has 1 aromatic carbocycles. The molecule has 0 amide bonds. The Balaban J connectivity index is 1.83. The van der Waals surface area contributed by atoms with E-state index in [1.165, 1.54) is 37.1 Å². The van der Waals surface area contributed by atoms with Crippen LogP contribution in [0.15, 0.2) is 18.2 Å². The van der Waals surface area contributed by atoms with Crippen molar-refractivity contribution in [3.8, 4) is 0 Å². The molecule has 1 N–H and O–H groups in total. The molecule has 1 heterocycles. The normalized spacial score (nSPS) is 24.1. The second-order valence-corrected chi connectivity index (χ2v) is 6.96. The summed E-state index contributed by atoms with van der Waals surface area (Å²) in [7, 11) is 2.22. The first kappa shape index (κ1) is 15.1. The molecule has 21 heavy (non-hydrogen) atoms. The molecular formula is C17H26ClN3. The Morgan fingerprint density at radius 3 is 2.86 bits per heavy atom. The van der Waals surface area contributed by atoms with E-state index >= 15 is 0 Å². The van der Waals surface area contributed by atoms with Crippen molar-refractivity contribution >= 4 is 17.3 Å². The Morgan fingerprint density at radius 1 is 1.29 bits per heavy atom. The van der Waals surface area contributed by atoms with Crippen molar-refractivity contribution in [2.75, 3.05) is 31.6 Å². The number of benzene rings is 1. The Kier molecular flexibility index (Phi) is 4.72. The van der Waals surface area contributed by atoms with E-state index in [2.05, 4.69) is 41.2 Å². The highest BCUT2D eigenvalue weighted by atomic mass is 35.5. The lowest BCUT2D eigenvalue weighted by Crippen LogP contribution is -2.38. The summed E-state index contributed by atoms with van der Waals surface area (Å²) in [5.41, 5.74) is 2.58. The fourth-order valence-corrected chi connectivity index (χ4v) is 3.49. The number of nitrogens with zero attached hydrogens (tertiary/aromatic N) is 2. The molecule has 3 rings (SSSR count). The van der Waals surface area contributed by atoms with Crippen LogP contribution in [0.5, 0.6) is 0 Å². The van der Waals surface area contributed by atoms with Gasteiger partial charge in [0.15, 0.2) is 0 Å². The Hall–Kier alpha value is -0.770. The van der Waals surface area contributed by atoms with Gasteiger partial charge in [-0.1, -0.05) is 17.7 Å². The van der Waals surface area contributed by atoms with Crippen molar-refractivity contribution in [2.24, 2.45) is 0 Å². The third-order valence-corrected chi connectivity index (χ3v) is 4.95. The summed E-state index contributed by atoms with van der Waals surface area (Å²) < 4.78 is 0. The van der Waals surface area contributed by atoms with Gasteiger partial charge in [-0.15, -0.1) is 0 Å². The Morgan fingerprint density at radius 2 is 2.10 bits per heavy atom. The predicted molar refractivity (Wildman–Crippen MR) is 90.2 cm³/mol. The maximum absolute atomic E-state index is 6.49. The summed E-state index contributed by atoms with van der Waals surface area (Å²) in [4.78, 5) is 4.97. The molecule has 0 spiro atoms. The number of hydrogen-bond acceptors (Lipinski definition) is 3. The van der Waals surface area contributed by atoms with Crippen molar-refractivity contribution in [1.29, 1.82) is 0 Å². The maximum Gasteiger partial charge on any atom is 0.0471 e. The molecule has 4 heteroatoms. The standard InChI is InChI=1S/C17H26ClN3/c1-13-12-20(2)9-4-10-21(13)17-6-3-5-16(18)15(17)11-19-14-7-8-14/h3,5-6,13-14,19H,4,7-12H2,1-2H3. The first-order valence-electron chi connectivity index (χ1n) is 8.11. The van der Waals surface area contributed by atoms with E-state index in [1.807, 2.05) is 6.07 Å². The summed E-state index contributed by atoms with van der Waals surface area (Å²) >= 11 is 6.49. The van der Waals surface area contributed by atoms with E-state index in [-0.39, 0.29) is 0 Å². The third kappa shape index (κ3) is 3.71. The van der Waals surface area contributed by atoms with Crippen LogP contribution < -0.4 is 10.2 Å². The van der Waals surface area contributed by atoms with Gasteiger partial charge in [-0.3, -0.25) is 0 Å². The van der Waals surface area contributed by atoms with Gasteiger partial charge in [0.25, 0.3) is 0 Å². The van der Waals surface area contributed by atoms with E-state index in [0.29, 0.717) is 12.1 Å². The Bertz CT molecular complexity index is 487. The van der Waals surface area contributed by atoms with Gasteiger partial charge in [0.2, 0.25) is 0 Å². The number of likely N-dealkylation sites (N-methyl/N-ethyl adjacent to an activating group) is 1. The number of anilines is 1. The molecule has 2 aliphatic rings. The fraction of sp³-hybridized carbons (Fsp3) is 0.647. The average Bonchev–Trinajstić information content (AvgIpc) is 3.26. The van der Waals surface area contributed by atoms with Crippen LogP contribution in [0.3, 0.4) is 0 Å². The molecule has 0 aromatic heterocycles. The molecular weight excluding hydrogens is 282 g/mol. The third-order valence-electron chi connectivity index (χ3n) is 4.60. The number of nitrogens with one attached hydrogen (secondary N) is 1. The minimum absolute atomic E-state index is 0.524. The number of hydrogen-bond donors (Lipinski definition) is 1. The van der Waals surface area contributed by atoms with E-state index in [4.69, 9.17) is 11.6 Å². The number of halogens is 1. The van der Waals surface area contributed by atoms with Crippen LogP contribution in [0.25, 0.3) is 0 Å². The van der Waals surface area contributed by atoms with Crippen molar-refractivity contribution in [3.63, 3.8) is 0 Å². The molecule has 0 radical (unpaired) electrons. The molecule has 1 aliphatic heterocycles. The minimum Gasteiger partial charge on any atom is -0.367 e. The number of rotatable bonds is 4. The highest BCUT2D eigenvalue weighted by Gasteiger charge is 2.25. The quantitative estimate of drug-likeness (QED) is 0.922. The predicted octanol–water partition coefficient (Wildman–Crippen LogP) is 3.12. The van der Waals surface area contributed by atoms with Gasteiger partial charge >= 0.3 is 0 Å². The lowest BCUT2D eigenvalue weighted by atomic mass is 10.1. The zero-order valence-electron chi connectivity index (χ0n) is 13.1. The van der Waals surface area contributed by atoms with Crippen LogP contribution >= 0.6 is 11.6 Å². The molecule has 1 atom stereocenters. The molecule has 3 nitrogen and oxygen atoms in total. The topological polar surface area (TPSA) is 18.5 Å². The SMILES string of the molecule is CC1CN(C)CCCN1c1cccc(Cl)c1CNC1CC1. The second-order valence-electron chi connectivity index (χ2n) is 6.55. The van der Waals surface area contributed by atoms with E-state index < -0.39 is 0 Å². The molecule has 116 valence electrons. The van der Waals surface area contributed by atoms with Crippen molar-refractivity contribution < 1.29 is 0 Å². The fourth-order valence-electron chi connectivity index (χ4n) is 3.26. The van der Waals surface area contributed by atoms with Crippen molar-refractivity contribution in [3.05, 3.63) is 28.8 Å². The zero-order valence-corrected chi connectivity index (χ0v) is 13.9. The van der Waals surface area contributed by atoms with E-state index in [9.17, 15) is 0 Å². The van der Waals surface area contributed by atoms with Gasteiger partial charge in [0, 0.05) is 48.0 Å². The average molecular weight is 308 g/mol. The minimum atomic E-state index is 0.524. The lowest BCUT2D eigenvalue weighted by molar-refractivity contribution is 0.337. The van der Waals surface area contributed by atoms with E-state index in [0.717, 1.165) is 24.7 Å². The first-order chi connectivity index (χ1) is 10.1. The van der Waals surface area contributed by atoms with Crippen molar-refractivity contribution in [2.45, 2.75) is 44.8 Å². The van der Waals surface area contributed by atoms with Crippen LogP contribution in [0, 0.1) is 0 Å². The highest BCUT2D eigenvalue weighted by molar-refractivity contribution is 6.31. The van der Waals surface area contributed by atoms with E-state index in [1.54, 1.807) is 0 Å². The maximum atomic E-state index is 6.49. The molecule has 1 saturated carbocycles. The van der Waals surface area contributed by atoms with Gasteiger partial charge in [-0.05, 0) is 51.9 Å². The lowest BCUT2D eigenvalue weighted by Gasteiger charge is -2.32. The first-order valence-corrected chi connectivity index (χ1v) is 8.49. The molecule has 1 unspecified atom stereocenters. The summed E-state index contributed by atoms with van der Waals surface area (Å²) in [5, 5.41) is 4.50. The molecule has 1 saturated heterocycles. The summed E-state index contributed by atoms with van der Waals surface area (Å²) in [6.45, 7) is 6.61. The molecule has 2 fully saturated rings. The molecule has 1 aliphatic carbocycles. The summed E-state index contributed by atoms with van der Waals surface area (Å²) in [6, 6.07) is 7.57. The monoisotopic (exact) mass is 307 g/mol. The van der Waals surface area contributed by atoms with Crippen LogP contribution in [0.2, 0.25) is 5.02 Å². The van der Waals surface area contributed by atoms with Crippen LogP contribution in [0.4, 0.5) is 5.69 Å². The Labute approximate surface area is 133 Å². The highest BCUT2D eigenvalue weighted by Crippen LogP contribution is 2.31. The van der Waals surface area contributed by atoms with Crippen LogP contribution in [-0.2, 0) is 6.54 Å². The second kappa shape index (κ2) is 6.55. The van der Waals surface area contributed by atoms with Crippen LogP contribution in [-0.4, -0.2) is 43.7 Å². The summed E-state index contributed by atoms with van der Waals surface area (Å²) in [6.07, 6.45) is 3.83. The largest absolute Gasteiger partial charge is 0.367 e.